The van der Waals surface area contributed by atoms with Gasteiger partial charge in [-0.05, 0) is 25.5 Å². The summed E-state index contributed by atoms with van der Waals surface area (Å²) in [6.07, 6.45) is 2.07. The van der Waals surface area contributed by atoms with Crippen molar-refractivity contribution in [1.82, 2.24) is 5.32 Å². The number of hydrogen-bond donors (Lipinski definition) is 3. The summed E-state index contributed by atoms with van der Waals surface area (Å²) in [5.41, 5.74) is 5.85. The third-order valence-corrected chi connectivity index (χ3v) is 4.90. The smallest absolute Gasteiger partial charge is 0.179 e. The van der Waals surface area contributed by atoms with Crippen molar-refractivity contribution in [3.05, 3.63) is 29.8 Å². The molecule has 1 aromatic rings. The zero-order chi connectivity index (χ0) is 15.9. The van der Waals surface area contributed by atoms with Crippen LogP contribution < -0.4 is 11.1 Å². The Morgan fingerprint density at radius 3 is 2.81 bits per heavy atom. The van der Waals surface area contributed by atoms with Crippen LogP contribution in [0, 0.1) is 0 Å². The fourth-order valence-corrected chi connectivity index (χ4v) is 3.21. The minimum Gasteiger partial charge on any atom is -0.409 e. The first kappa shape index (κ1) is 17.5. The molecule has 0 saturated carbocycles. The van der Waals surface area contributed by atoms with Crippen LogP contribution in [-0.4, -0.2) is 37.8 Å². The van der Waals surface area contributed by atoms with E-state index in [2.05, 4.69) is 17.4 Å². The molecule has 1 unspecified atom stereocenters. The van der Waals surface area contributed by atoms with Gasteiger partial charge in [-0.3, -0.25) is 0 Å². The number of nitrogens with two attached hydrogens (primary N) is 1. The SMILES string of the molecule is CCCC(C)NCCS(=O)(=O)c1cccc(/C(N)=N/O)c1. The fraction of sp³-hybridized carbons (Fsp3) is 0.500. The quantitative estimate of drug-likeness (QED) is 0.291. The van der Waals surface area contributed by atoms with Crippen LogP contribution in [0.4, 0.5) is 0 Å². The van der Waals surface area contributed by atoms with Crippen molar-refractivity contribution in [3.63, 3.8) is 0 Å². The van der Waals surface area contributed by atoms with Crippen LogP contribution >= 0.6 is 0 Å². The Kier molecular flexibility index (Phi) is 6.64. The van der Waals surface area contributed by atoms with E-state index in [0.717, 1.165) is 12.8 Å². The molecule has 0 aliphatic carbocycles. The normalized spacial score (nSPS) is 14.1. The molecule has 1 aromatic carbocycles. The monoisotopic (exact) mass is 313 g/mol. The van der Waals surface area contributed by atoms with E-state index in [4.69, 9.17) is 10.9 Å². The molecule has 1 rings (SSSR count). The van der Waals surface area contributed by atoms with Gasteiger partial charge in [-0.25, -0.2) is 8.42 Å². The van der Waals surface area contributed by atoms with Crippen molar-refractivity contribution >= 4 is 15.7 Å². The molecule has 0 heterocycles. The largest absolute Gasteiger partial charge is 0.409 e. The average Bonchev–Trinajstić information content (AvgIpc) is 2.46. The molecule has 0 aromatic heterocycles. The van der Waals surface area contributed by atoms with E-state index in [9.17, 15) is 8.42 Å². The summed E-state index contributed by atoms with van der Waals surface area (Å²) in [7, 11) is -3.39. The Bertz CT molecular complexity index is 585. The summed E-state index contributed by atoms with van der Waals surface area (Å²) >= 11 is 0. The minimum absolute atomic E-state index is 0.0146. The van der Waals surface area contributed by atoms with Gasteiger partial charge in [0.05, 0.1) is 10.6 Å². The van der Waals surface area contributed by atoms with Gasteiger partial charge in [0.15, 0.2) is 15.7 Å². The van der Waals surface area contributed by atoms with E-state index in [1.807, 2.05) is 6.92 Å². The first-order valence-electron chi connectivity index (χ1n) is 6.94. The van der Waals surface area contributed by atoms with Gasteiger partial charge in [0.25, 0.3) is 0 Å². The van der Waals surface area contributed by atoms with Crippen LogP contribution in [0.5, 0.6) is 0 Å². The summed E-state index contributed by atoms with van der Waals surface area (Å²) < 4.78 is 24.5. The van der Waals surface area contributed by atoms with E-state index < -0.39 is 9.84 Å². The summed E-state index contributed by atoms with van der Waals surface area (Å²) in [4.78, 5) is 0.177. The van der Waals surface area contributed by atoms with Gasteiger partial charge in [-0.2, -0.15) is 0 Å². The van der Waals surface area contributed by atoms with E-state index in [-0.39, 0.29) is 16.5 Å². The lowest BCUT2D eigenvalue weighted by atomic mass is 10.2. The van der Waals surface area contributed by atoms with Crippen molar-refractivity contribution in [3.8, 4) is 0 Å². The predicted molar refractivity (Wildman–Crippen MR) is 83.4 cm³/mol. The topological polar surface area (TPSA) is 105 Å². The summed E-state index contributed by atoms with van der Waals surface area (Å²) in [5, 5.41) is 14.7. The molecule has 0 bridgehead atoms. The highest BCUT2D eigenvalue weighted by Crippen LogP contribution is 2.13. The number of sulfone groups is 1. The Hall–Kier alpha value is -1.60. The van der Waals surface area contributed by atoms with Crippen LogP contribution in [0.2, 0.25) is 0 Å². The molecule has 0 saturated heterocycles. The molecule has 7 heteroatoms. The number of hydrogen-bond acceptors (Lipinski definition) is 5. The van der Waals surface area contributed by atoms with Gasteiger partial charge in [0, 0.05) is 18.2 Å². The maximum absolute atomic E-state index is 12.3. The second-order valence-electron chi connectivity index (χ2n) is 4.98. The molecule has 0 aliphatic heterocycles. The van der Waals surface area contributed by atoms with Gasteiger partial charge < -0.3 is 16.3 Å². The van der Waals surface area contributed by atoms with E-state index >= 15 is 0 Å². The maximum Gasteiger partial charge on any atom is 0.179 e. The highest BCUT2D eigenvalue weighted by molar-refractivity contribution is 7.91. The number of nitrogens with zero attached hydrogens (tertiary/aromatic N) is 1. The van der Waals surface area contributed by atoms with E-state index in [0.29, 0.717) is 18.2 Å². The molecule has 0 fully saturated rings. The Labute approximate surface area is 126 Å². The first-order valence-corrected chi connectivity index (χ1v) is 8.60. The average molecular weight is 313 g/mol. The molecule has 0 spiro atoms. The highest BCUT2D eigenvalue weighted by Gasteiger charge is 2.15. The molecule has 0 radical (unpaired) electrons. The number of oxime groups is 1. The van der Waals surface area contributed by atoms with Crippen molar-refractivity contribution in [2.45, 2.75) is 37.6 Å². The minimum atomic E-state index is -3.39. The third kappa shape index (κ3) is 5.35. The van der Waals surface area contributed by atoms with Gasteiger partial charge >= 0.3 is 0 Å². The standard InChI is InChI=1S/C14H23N3O3S/c1-3-5-11(2)16-8-9-21(19,20)13-7-4-6-12(10-13)14(15)17-18/h4,6-7,10-11,16,18H,3,5,8-9H2,1-2H3,(H2,15,17). The lowest BCUT2D eigenvalue weighted by Gasteiger charge is -2.12. The summed E-state index contributed by atoms with van der Waals surface area (Å²) in [5.74, 6) is -0.0949. The lowest BCUT2D eigenvalue weighted by Crippen LogP contribution is -2.30. The van der Waals surface area contributed by atoms with Crippen molar-refractivity contribution in [1.29, 1.82) is 0 Å². The second-order valence-corrected chi connectivity index (χ2v) is 7.08. The molecule has 4 N–H and O–H groups in total. The Morgan fingerprint density at radius 2 is 2.19 bits per heavy atom. The van der Waals surface area contributed by atoms with Crippen LogP contribution in [0.15, 0.2) is 34.3 Å². The van der Waals surface area contributed by atoms with E-state index in [1.54, 1.807) is 12.1 Å². The predicted octanol–water partition coefficient (Wildman–Crippen LogP) is 1.33. The molecule has 0 amide bonds. The molecule has 21 heavy (non-hydrogen) atoms. The van der Waals surface area contributed by atoms with Gasteiger partial charge in [0.2, 0.25) is 0 Å². The molecular weight excluding hydrogens is 290 g/mol. The van der Waals surface area contributed by atoms with Crippen LogP contribution in [0.25, 0.3) is 0 Å². The zero-order valence-corrected chi connectivity index (χ0v) is 13.2. The fourth-order valence-electron chi connectivity index (χ4n) is 2.00. The molecule has 1 atom stereocenters. The molecule has 0 aliphatic rings. The number of amidine groups is 1. The van der Waals surface area contributed by atoms with Crippen molar-refractivity contribution in [2.75, 3.05) is 12.3 Å². The van der Waals surface area contributed by atoms with Crippen LogP contribution in [0.1, 0.15) is 32.3 Å². The second kappa shape index (κ2) is 7.99. The molecule has 118 valence electrons. The van der Waals surface area contributed by atoms with E-state index in [1.165, 1.54) is 12.1 Å². The summed E-state index contributed by atoms with van der Waals surface area (Å²) in [6, 6.07) is 6.40. The lowest BCUT2D eigenvalue weighted by molar-refractivity contribution is 0.318. The number of nitrogens with one attached hydrogen (secondary N) is 1. The highest BCUT2D eigenvalue weighted by atomic mass is 32.2. The first-order chi connectivity index (χ1) is 9.90. The van der Waals surface area contributed by atoms with Crippen molar-refractivity contribution < 1.29 is 13.6 Å². The van der Waals surface area contributed by atoms with Gasteiger partial charge in [0.1, 0.15) is 0 Å². The third-order valence-electron chi connectivity index (χ3n) is 3.18. The van der Waals surface area contributed by atoms with Gasteiger partial charge in [-0.15, -0.1) is 0 Å². The van der Waals surface area contributed by atoms with Crippen molar-refractivity contribution in [2.24, 2.45) is 10.9 Å². The Morgan fingerprint density at radius 1 is 1.48 bits per heavy atom. The van der Waals surface area contributed by atoms with Crippen LogP contribution in [0.3, 0.4) is 0 Å². The number of benzene rings is 1. The summed E-state index contributed by atoms with van der Waals surface area (Å²) in [6.45, 7) is 4.53. The van der Waals surface area contributed by atoms with Gasteiger partial charge in [-0.1, -0.05) is 30.6 Å². The zero-order valence-electron chi connectivity index (χ0n) is 12.4. The number of rotatable bonds is 8. The molecule has 6 nitrogen and oxygen atoms in total. The maximum atomic E-state index is 12.3. The van der Waals surface area contributed by atoms with Crippen LogP contribution in [-0.2, 0) is 9.84 Å². The molecular formula is C14H23N3O3S. The Balaban J connectivity index is 2.75.